The third kappa shape index (κ3) is 5.81. The number of ether oxygens (including phenoxy) is 2. The monoisotopic (exact) mass is 356 g/mol. The fraction of sp³-hybridized carbons (Fsp3) is 0.300. The molecule has 1 unspecified atom stereocenters. The van der Waals surface area contributed by atoms with E-state index in [1.807, 2.05) is 31.2 Å². The van der Waals surface area contributed by atoms with Crippen molar-refractivity contribution >= 4 is 17.7 Å². The van der Waals surface area contributed by atoms with Crippen LogP contribution in [0.15, 0.2) is 48.5 Å². The van der Waals surface area contributed by atoms with E-state index in [9.17, 15) is 9.59 Å². The summed E-state index contributed by atoms with van der Waals surface area (Å²) in [6.07, 6.45) is -0.506. The molecule has 2 aromatic rings. The molecule has 0 fully saturated rings. The van der Waals surface area contributed by atoms with E-state index in [-0.39, 0.29) is 18.6 Å². The molecular formula is C20H24N2O4. The summed E-state index contributed by atoms with van der Waals surface area (Å²) in [7, 11) is 3.34. The highest BCUT2D eigenvalue weighted by atomic mass is 16.6. The standard InChI is InChI=1S/C20H24N2O4/c1-14-8-10-16(11-9-14)19(26-15(2)23)13-25-18-7-5-6-17(12-18)21-20(24)22(3)4/h5-12,19H,13H2,1-4H3,(H,21,24). The van der Waals surface area contributed by atoms with Crippen LogP contribution in [0.4, 0.5) is 10.5 Å². The number of amides is 2. The summed E-state index contributed by atoms with van der Waals surface area (Å²) in [5.41, 5.74) is 2.61. The average molecular weight is 356 g/mol. The van der Waals surface area contributed by atoms with E-state index in [1.54, 1.807) is 38.4 Å². The minimum absolute atomic E-state index is 0.174. The number of urea groups is 1. The number of hydrogen-bond donors (Lipinski definition) is 1. The quantitative estimate of drug-likeness (QED) is 0.800. The fourth-order valence-electron chi connectivity index (χ4n) is 2.25. The number of rotatable bonds is 6. The van der Waals surface area contributed by atoms with E-state index in [0.717, 1.165) is 11.1 Å². The molecule has 6 heteroatoms. The van der Waals surface area contributed by atoms with Gasteiger partial charge in [0.25, 0.3) is 0 Å². The summed E-state index contributed by atoms with van der Waals surface area (Å²) in [6.45, 7) is 3.54. The van der Waals surface area contributed by atoms with Crippen molar-refractivity contribution in [1.82, 2.24) is 4.90 Å². The molecule has 0 saturated heterocycles. The number of nitrogens with zero attached hydrogens (tertiary/aromatic N) is 1. The Balaban J connectivity index is 2.07. The fourth-order valence-corrected chi connectivity index (χ4v) is 2.25. The Bertz CT molecular complexity index is 757. The van der Waals surface area contributed by atoms with Crippen molar-refractivity contribution in [2.45, 2.75) is 20.0 Å². The van der Waals surface area contributed by atoms with Gasteiger partial charge in [0.2, 0.25) is 0 Å². The number of carbonyl (C=O) groups excluding carboxylic acids is 2. The molecule has 6 nitrogen and oxygen atoms in total. The molecule has 0 aliphatic rings. The van der Waals surface area contributed by atoms with E-state index < -0.39 is 6.10 Å². The number of carbonyl (C=O) groups is 2. The Hall–Kier alpha value is -3.02. The maximum absolute atomic E-state index is 11.7. The molecule has 138 valence electrons. The zero-order chi connectivity index (χ0) is 19.1. The van der Waals surface area contributed by atoms with Crippen LogP contribution in [0.5, 0.6) is 5.75 Å². The molecule has 0 bridgehead atoms. The Morgan fingerprint density at radius 3 is 2.42 bits per heavy atom. The zero-order valence-electron chi connectivity index (χ0n) is 15.5. The molecule has 0 spiro atoms. The molecule has 2 rings (SSSR count). The van der Waals surface area contributed by atoms with Crippen LogP contribution in [0.2, 0.25) is 0 Å². The molecule has 0 aliphatic carbocycles. The lowest BCUT2D eigenvalue weighted by Gasteiger charge is -2.19. The van der Waals surface area contributed by atoms with Crippen LogP contribution in [0.25, 0.3) is 0 Å². The minimum Gasteiger partial charge on any atom is -0.489 e. The summed E-state index contributed by atoms with van der Waals surface area (Å²) in [5.74, 6) is 0.206. The third-order valence-electron chi connectivity index (χ3n) is 3.65. The summed E-state index contributed by atoms with van der Waals surface area (Å²) in [5, 5.41) is 2.76. The second kappa shape index (κ2) is 8.89. The lowest BCUT2D eigenvalue weighted by atomic mass is 10.1. The number of benzene rings is 2. The Kier molecular flexibility index (Phi) is 6.60. The van der Waals surface area contributed by atoms with Gasteiger partial charge in [-0.1, -0.05) is 35.9 Å². The predicted molar refractivity (Wildman–Crippen MR) is 100 cm³/mol. The molecule has 0 saturated carbocycles. The Labute approximate surface area is 153 Å². The van der Waals surface area contributed by atoms with Gasteiger partial charge < -0.3 is 19.7 Å². The van der Waals surface area contributed by atoms with Crippen LogP contribution in [0.1, 0.15) is 24.2 Å². The van der Waals surface area contributed by atoms with Crippen molar-refractivity contribution < 1.29 is 19.1 Å². The lowest BCUT2D eigenvalue weighted by Crippen LogP contribution is -2.27. The minimum atomic E-state index is -0.506. The molecule has 1 N–H and O–H groups in total. The van der Waals surface area contributed by atoms with Crippen molar-refractivity contribution in [3.63, 3.8) is 0 Å². The van der Waals surface area contributed by atoms with Crippen molar-refractivity contribution in [2.75, 3.05) is 26.0 Å². The predicted octanol–water partition coefficient (Wildman–Crippen LogP) is 3.77. The number of hydrogen-bond acceptors (Lipinski definition) is 4. The van der Waals surface area contributed by atoms with E-state index in [2.05, 4.69) is 5.32 Å². The van der Waals surface area contributed by atoms with Crippen LogP contribution >= 0.6 is 0 Å². The van der Waals surface area contributed by atoms with Gasteiger partial charge in [-0.15, -0.1) is 0 Å². The van der Waals surface area contributed by atoms with Crippen LogP contribution in [0.3, 0.4) is 0 Å². The topological polar surface area (TPSA) is 67.9 Å². The Morgan fingerprint density at radius 2 is 1.81 bits per heavy atom. The molecular weight excluding hydrogens is 332 g/mol. The van der Waals surface area contributed by atoms with Crippen molar-refractivity contribution in [3.8, 4) is 5.75 Å². The molecule has 2 aromatic carbocycles. The second-order valence-electron chi connectivity index (χ2n) is 6.17. The summed E-state index contributed by atoms with van der Waals surface area (Å²) < 4.78 is 11.2. The first-order chi connectivity index (χ1) is 12.3. The molecule has 0 radical (unpaired) electrons. The molecule has 2 amide bonds. The van der Waals surface area contributed by atoms with E-state index in [0.29, 0.717) is 11.4 Å². The van der Waals surface area contributed by atoms with Gasteiger partial charge in [-0.25, -0.2) is 4.79 Å². The lowest BCUT2D eigenvalue weighted by molar-refractivity contribution is -0.148. The van der Waals surface area contributed by atoms with E-state index in [1.165, 1.54) is 11.8 Å². The van der Waals surface area contributed by atoms with Gasteiger partial charge in [0, 0.05) is 32.8 Å². The second-order valence-corrected chi connectivity index (χ2v) is 6.17. The Morgan fingerprint density at radius 1 is 1.12 bits per heavy atom. The first-order valence-corrected chi connectivity index (χ1v) is 8.30. The van der Waals surface area contributed by atoms with Crippen molar-refractivity contribution in [2.24, 2.45) is 0 Å². The molecule has 0 aromatic heterocycles. The average Bonchev–Trinajstić information content (AvgIpc) is 2.59. The van der Waals surface area contributed by atoms with E-state index >= 15 is 0 Å². The van der Waals surface area contributed by atoms with Gasteiger partial charge in [-0.2, -0.15) is 0 Å². The highest BCUT2D eigenvalue weighted by molar-refractivity contribution is 5.89. The van der Waals surface area contributed by atoms with Gasteiger partial charge in [0.15, 0.2) is 6.10 Å². The van der Waals surface area contributed by atoms with Gasteiger partial charge in [0.1, 0.15) is 12.4 Å². The first-order valence-electron chi connectivity index (χ1n) is 8.30. The highest BCUT2D eigenvalue weighted by Gasteiger charge is 2.16. The SMILES string of the molecule is CC(=O)OC(COc1cccc(NC(=O)N(C)C)c1)c1ccc(C)cc1. The van der Waals surface area contributed by atoms with Crippen LogP contribution in [-0.2, 0) is 9.53 Å². The normalized spacial score (nSPS) is 11.4. The molecule has 0 aliphatic heterocycles. The van der Waals surface area contributed by atoms with Crippen LogP contribution in [0, 0.1) is 6.92 Å². The third-order valence-corrected chi connectivity index (χ3v) is 3.65. The number of esters is 1. The number of anilines is 1. The summed E-state index contributed by atoms with van der Waals surface area (Å²) in [6, 6.07) is 14.6. The molecule has 0 heterocycles. The number of nitrogens with one attached hydrogen (secondary N) is 1. The maximum atomic E-state index is 11.7. The first kappa shape index (κ1) is 19.3. The summed E-state index contributed by atoms with van der Waals surface area (Å²) in [4.78, 5) is 24.6. The van der Waals surface area contributed by atoms with Gasteiger partial charge in [-0.3, -0.25) is 4.79 Å². The molecule has 26 heavy (non-hydrogen) atoms. The van der Waals surface area contributed by atoms with Gasteiger partial charge in [-0.05, 0) is 24.6 Å². The smallest absolute Gasteiger partial charge is 0.321 e. The van der Waals surface area contributed by atoms with Crippen LogP contribution < -0.4 is 10.1 Å². The maximum Gasteiger partial charge on any atom is 0.321 e. The van der Waals surface area contributed by atoms with Gasteiger partial charge in [0.05, 0.1) is 0 Å². The summed E-state index contributed by atoms with van der Waals surface area (Å²) >= 11 is 0. The van der Waals surface area contributed by atoms with E-state index in [4.69, 9.17) is 9.47 Å². The highest BCUT2D eigenvalue weighted by Crippen LogP contribution is 2.23. The van der Waals surface area contributed by atoms with Crippen LogP contribution in [-0.4, -0.2) is 37.6 Å². The largest absolute Gasteiger partial charge is 0.489 e. The molecule has 1 atom stereocenters. The van der Waals surface area contributed by atoms with Crippen molar-refractivity contribution in [1.29, 1.82) is 0 Å². The zero-order valence-corrected chi connectivity index (χ0v) is 15.5. The number of aryl methyl sites for hydroxylation is 1. The van der Waals surface area contributed by atoms with Gasteiger partial charge >= 0.3 is 12.0 Å². The van der Waals surface area contributed by atoms with Crippen molar-refractivity contribution in [3.05, 3.63) is 59.7 Å².